The van der Waals surface area contributed by atoms with E-state index in [0.717, 1.165) is 38.5 Å². The van der Waals surface area contributed by atoms with Gasteiger partial charge in [0.25, 0.3) is 10.1 Å². The first-order valence-corrected chi connectivity index (χ1v) is 27.1. The molecule has 0 fully saturated rings. The van der Waals surface area contributed by atoms with Crippen molar-refractivity contribution in [2.24, 2.45) is 0 Å². The molecule has 0 saturated carbocycles. The summed E-state index contributed by atoms with van der Waals surface area (Å²) < 4.78 is 32.7. The van der Waals surface area contributed by atoms with Crippen molar-refractivity contribution in [3.05, 3.63) is 24.3 Å². The van der Waals surface area contributed by atoms with Crippen LogP contribution in [0.1, 0.15) is 277 Å². The zero-order valence-electron chi connectivity index (χ0n) is 38.7. The van der Waals surface area contributed by atoms with Gasteiger partial charge in [0.1, 0.15) is 0 Å². The van der Waals surface area contributed by atoms with E-state index >= 15 is 0 Å². The smallest absolute Gasteiger partial charge is 0.267 e. The second-order valence-electron chi connectivity index (χ2n) is 17.8. The molecule has 2 atom stereocenters. The molecule has 0 heterocycles. The van der Waals surface area contributed by atoms with Gasteiger partial charge in [-0.2, -0.15) is 8.42 Å². The van der Waals surface area contributed by atoms with E-state index in [0.29, 0.717) is 6.42 Å². The van der Waals surface area contributed by atoms with Gasteiger partial charge in [-0.05, 0) is 44.9 Å². The molecule has 0 spiro atoms. The quantitative estimate of drug-likeness (QED) is 0.0322. The molecular weight excluding hydrogens is 739 g/mol. The summed E-state index contributed by atoms with van der Waals surface area (Å²) in [4.78, 5) is 12.6. The Kier molecular flexibility index (Phi) is 44.4. The first-order valence-electron chi connectivity index (χ1n) is 25.5. The van der Waals surface area contributed by atoms with E-state index in [1.165, 1.54) is 218 Å². The number of hydrogen-bond acceptors (Lipinski definition) is 4. The van der Waals surface area contributed by atoms with Crippen LogP contribution in [0.15, 0.2) is 24.3 Å². The Labute approximate surface area is 362 Å². The average molecular weight is 838 g/mol. The number of unbranched alkanes of at least 4 members (excludes halogenated alkanes) is 37. The van der Waals surface area contributed by atoms with Crippen molar-refractivity contribution >= 4 is 16.0 Å². The highest BCUT2D eigenvalue weighted by atomic mass is 32.2. The molecule has 1 amide bonds. The standard InChI is InChI=1S/C51H99NO5S/c1-3-5-7-9-11-13-15-17-19-21-23-25-26-27-29-31-33-35-37-39-41-43-45-47-51(54)52-49(48-58(55,56)57)50(53)46-44-42-40-38-36-34-32-30-28-24-22-20-18-16-14-12-10-8-6-4-2/h21,23,44,46,49-50,53H,3-20,22,24-43,45,47-48H2,1-2H3,(H,52,54)(H,55,56,57)/b23-21-,46-44+. The van der Waals surface area contributed by atoms with Gasteiger partial charge < -0.3 is 10.4 Å². The fourth-order valence-electron chi connectivity index (χ4n) is 8.04. The molecule has 0 saturated heterocycles. The number of nitrogens with one attached hydrogen (secondary N) is 1. The van der Waals surface area contributed by atoms with E-state index in [1.807, 2.05) is 6.08 Å². The Bertz CT molecular complexity index is 1010. The topological polar surface area (TPSA) is 104 Å². The Hall–Kier alpha value is -1.18. The number of aliphatic hydroxyl groups is 1. The zero-order chi connectivity index (χ0) is 42.5. The predicted molar refractivity (Wildman–Crippen MR) is 253 cm³/mol. The van der Waals surface area contributed by atoms with Crippen molar-refractivity contribution in [3.8, 4) is 0 Å². The van der Waals surface area contributed by atoms with Gasteiger partial charge in [0.15, 0.2) is 0 Å². The summed E-state index contributed by atoms with van der Waals surface area (Å²) in [6.07, 6.45) is 59.0. The minimum absolute atomic E-state index is 0.274. The highest BCUT2D eigenvalue weighted by Crippen LogP contribution is 2.16. The predicted octanol–water partition coefficient (Wildman–Crippen LogP) is 15.9. The molecule has 0 bridgehead atoms. The van der Waals surface area contributed by atoms with Crippen molar-refractivity contribution in [3.63, 3.8) is 0 Å². The molecular formula is C51H99NO5S. The summed E-state index contributed by atoms with van der Waals surface area (Å²) in [5.74, 6) is -0.969. The van der Waals surface area contributed by atoms with Gasteiger partial charge in [-0.3, -0.25) is 9.35 Å². The summed E-state index contributed by atoms with van der Waals surface area (Å²) in [7, 11) is -4.35. The third-order valence-electron chi connectivity index (χ3n) is 11.9. The molecule has 0 aromatic heterocycles. The van der Waals surface area contributed by atoms with Crippen molar-refractivity contribution in [1.82, 2.24) is 5.32 Å². The number of amides is 1. The molecule has 3 N–H and O–H groups in total. The van der Waals surface area contributed by atoms with E-state index in [-0.39, 0.29) is 5.91 Å². The Morgan fingerprint density at radius 2 is 0.724 bits per heavy atom. The van der Waals surface area contributed by atoms with Crippen molar-refractivity contribution in [1.29, 1.82) is 0 Å². The van der Waals surface area contributed by atoms with Gasteiger partial charge in [-0.1, -0.05) is 250 Å². The molecule has 6 nitrogen and oxygen atoms in total. The van der Waals surface area contributed by atoms with Crippen molar-refractivity contribution in [2.45, 2.75) is 289 Å². The van der Waals surface area contributed by atoms with Crippen LogP contribution in [0.5, 0.6) is 0 Å². The van der Waals surface area contributed by atoms with Gasteiger partial charge in [0.05, 0.1) is 17.9 Å². The lowest BCUT2D eigenvalue weighted by Crippen LogP contribution is -2.46. The van der Waals surface area contributed by atoms with Crippen LogP contribution in [0.4, 0.5) is 0 Å². The van der Waals surface area contributed by atoms with Crippen LogP contribution in [-0.4, -0.2) is 41.9 Å². The fraction of sp³-hybridized carbons (Fsp3) is 0.902. The average Bonchev–Trinajstić information content (AvgIpc) is 3.19. The normalized spacial score (nSPS) is 13.2. The lowest BCUT2D eigenvalue weighted by atomic mass is 10.0. The summed E-state index contributed by atoms with van der Waals surface area (Å²) in [6.45, 7) is 4.56. The Balaban J connectivity index is 3.78. The molecule has 0 radical (unpaired) electrons. The summed E-state index contributed by atoms with van der Waals surface area (Å²) in [5.41, 5.74) is 0. The second kappa shape index (κ2) is 45.3. The molecule has 0 aromatic carbocycles. The summed E-state index contributed by atoms with van der Waals surface area (Å²) in [6, 6.07) is -1.06. The monoisotopic (exact) mass is 838 g/mol. The number of rotatable bonds is 47. The van der Waals surface area contributed by atoms with Crippen molar-refractivity contribution in [2.75, 3.05) is 5.75 Å². The lowest BCUT2D eigenvalue weighted by Gasteiger charge is -2.21. The van der Waals surface area contributed by atoms with Crippen LogP contribution in [0.2, 0.25) is 0 Å². The minimum atomic E-state index is -4.35. The number of allylic oxidation sites excluding steroid dienone is 3. The van der Waals surface area contributed by atoms with Gasteiger partial charge in [0, 0.05) is 6.42 Å². The van der Waals surface area contributed by atoms with E-state index in [9.17, 15) is 22.9 Å². The molecule has 0 rings (SSSR count). The Morgan fingerprint density at radius 3 is 1.03 bits per heavy atom. The third kappa shape index (κ3) is 45.9. The van der Waals surface area contributed by atoms with E-state index in [2.05, 4.69) is 31.3 Å². The SMILES string of the molecule is CCCCCCCCCC/C=C\CCCCCCCCCCCCCC(=O)NC(CS(=O)(=O)O)C(O)/C=C/CCCCCCCCCCCCCCCCCCCC. The van der Waals surface area contributed by atoms with Crippen LogP contribution in [0.3, 0.4) is 0 Å². The minimum Gasteiger partial charge on any atom is -0.387 e. The zero-order valence-corrected chi connectivity index (χ0v) is 39.5. The maximum absolute atomic E-state index is 12.6. The second-order valence-corrected chi connectivity index (χ2v) is 19.3. The third-order valence-corrected chi connectivity index (χ3v) is 12.7. The first kappa shape index (κ1) is 56.8. The molecule has 0 aliphatic carbocycles. The first-order chi connectivity index (χ1) is 28.3. The number of carbonyl (C=O) groups is 1. The van der Waals surface area contributed by atoms with Crippen LogP contribution >= 0.6 is 0 Å². The molecule has 2 unspecified atom stereocenters. The van der Waals surface area contributed by atoms with Crippen LogP contribution in [0.25, 0.3) is 0 Å². The van der Waals surface area contributed by atoms with Gasteiger partial charge in [0.2, 0.25) is 5.91 Å². The number of hydrogen-bond donors (Lipinski definition) is 3. The molecule has 0 aromatic rings. The highest BCUT2D eigenvalue weighted by molar-refractivity contribution is 7.85. The van der Waals surface area contributed by atoms with Gasteiger partial charge in [-0.25, -0.2) is 0 Å². The maximum atomic E-state index is 12.6. The molecule has 344 valence electrons. The lowest BCUT2D eigenvalue weighted by molar-refractivity contribution is -0.122. The molecule has 58 heavy (non-hydrogen) atoms. The molecule has 0 aliphatic heterocycles. The van der Waals surface area contributed by atoms with Crippen LogP contribution in [-0.2, 0) is 14.9 Å². The summed E-state index contributed by atoms with van der Waals surface area (Å²) in [5, 5.41) is 13.3. The molecule has 0 aliphatic rings. The Morgan fingerprint density at radius 1 is 0.448 bits per heavy atom. The van der Waals surface area contributed by atoms with Crippen LogP contribution in [0, 0.1) is 0 Å². The number of aliphatic hydroxyl groups excluding tert-OH is 1. The van der Waals surface area contributed by atoms with Crippen LogP contribution < -0.4 is 5.32 Å². The largest absolute Gasteiger partial charge is 0.387 e. The van der Waals surface area contributed by atoms with Gasteiger partial charge in [-0.15, -0.1) is 0 Å². The summed E-state index contributed by atoms with van der Waals surface area (Å²) >= 11 is 0. The van der Waals surface area contributed by atoms with E-state index in [1.54, 1.807) is 6.08 Å². The van der Waals surface area contributed by atoms with Gasteiger partial charge >= 0.3 is 0 Å². The van der Waals surface area contributed by atoms with Crippen molar-refractivity contribution < 1.29 is 22.9 Å². The maximum Gasteiger partial charge on any atom is 0.267 e. The number of carbonyl (C=O) groups excluding carboxylic acids is 1. The van der Waals surface area contributed by atoms with E-state index < -0.39 is 28.0 Å². The molecule has 7 heteroatoms. The fourth-order valence-corrected chi connectivity index (χ4v) is 8.77. The highest BCUT2D eigenvalue weighted by Gasteiger charge is 2.24. The van der Waals surface area contributed by atoms with E-state index in [4.69, 9.17) is 0 Å².